The molecule has 0 aliphatic carbocycles. The molecule has 0 atom stereocenters. The summed E-state index contributed by atoms with van der Waals surface area (Å²) in [5.41, 5.74) is 1.89. The first-order valence-electron chi connectivity index (χ1n) is 11.6. The van der Waals surface area contributed by atoms with Gasteiger partial charge in [-0.2, -0.15) is 0 Å². The predicted octanol–water partition coefficient (Wildman–Crippen LogP) is 8.19. The lowest BCUT2D eigenvalue weighted by atomic mass is 10.1. The van der Waals surface area contributed by atoms with E-state index in [9.17, 15) is 4.79 Å². The molecule has 2 nitrogen and oxygen atoms in total. The Labute approximate surface area is 168 Å². The normalized spacial score (nSPS) is 11.4. The molecule has 0 saturated heterocycles. The fraction of sp³-hybridized carbons (Fsp3) is 0.720. The number of rotatable bonds is 19. The highest BCUT2D eigenvalue weighted by atomic mass is 16.1. The van der Waals surface area contributed by atoms with E-state index < -0.39 is 0 Å². The highest BCUT2D eigenvalue weighted by molar-refractivity contribution is 5.71. The Morgan fingerprint density at radius 2 is 1.22 bits per heavy atom. The summed E-state index contributed by atoms with van der Waals surface area (Å²) in [6, 6.07) is 3.90. The topological polar surface area (TPSA) is 32.9 Å². The van der Waals surface area contributed by atoms with Gasteiger partial charge in [-0.05, 0) is 50.7 Å². The number of carbonyl (C=O) groups is 1. The van der Waals surface area contributed by atoms with Crippen LogP contribution in [0, 0.1) is 0 Å². The number of hydrogen-bond donors (Lipinski definition) is 1. The van der Waals surface area contributed by atoms with Crippen LogP contribution in [0.4, 0.5) is 0 Å². The molecule has 1 N–H and O–H groups in total. The van der Waals surface area contributed by atoms with Crippen LogP contribution in [-0.4, -0.2) is 11.3 Å². The molecule has 2 heteroatoms. The first kappa shape index (κ1) is 23.7. The van der Waals surface area contributed by atoms with Crippen LogP contribution in [-0.2, 0) is 6.42 Å². The lowest BCUT2D eigenvalue weighted by Crippen LogP contribution is -1.87. The molecule has 0 radical (unpaired) electrons. The maximum Gasteiger partial charge on any atom is 0.166 e. The quantitative estimate of drug-likeness (QED) is 0.148. The predicted molar refractivity (Wildman–Crippen MR) is 119 cm³/mol. The van der Waals surface area contributed by atoms with Crippen LogP contribution in [0.1, 0.15) is 126 Å². The average Bonchev–Trinajstić information content (AvgIpc) is 3.15. The Bertz CT molecular complexity index is 474. The highest BCUT2D eigenvalue weighted by Gasteiger charge is 1.98. The summed E-state index contributed by atoms with van der Waals surface area (Å²) in [5, 5.41) is 0. The van der Waals surface area contributed by atoms with Gasteiger partial charge < -0.3 is 4.98 Å². The van der Waals surface area contributed by atoms with Crippen molar-refractivity contribution in [2.75, 3.05) is 0 Å². The SMILES string of the molecule is CCCCCCCCCCC=CCCCCCCCCc1ccc(C=O)[nH]1. The first-order chi connectivity index (χ1) is 13.4. The smallest absolute Gasteiger partial charge is 0.166 e. The second kappa shape index (κ2) is 18.1. The van der Waals surface area contributed by atoms with Crippen LogP contribution in [0.25, 0.3) is 0 Å². The fourth-order valence-corrected chi connectivity index (χ4v) is 3.59. The van der Waals surface area contributed by atoms with E-state index in [4.69, 9.17) is 0 Å². The largest absolute Gasteiger partial charge is 0.356 e. The third-order valence-corrected chi connectivity index (χ3v) is 5.35. The van der Waals surface area contributed by atoms with E-state index in [-0.39, 0.29) is 0 Å². The zero-order valence-corrected chi connectivity index (χ0v) is 17.8. The molecule has 0 unspecified atom stereocenters. The molecule has 0 saturated carbocycles. The number of hydrogen-bond acceptors (Lipinski definition) is 1. The zero-order valence-electron chi connectivity index (χ0n) is 17.8. The minimum Gasteiger partial charge on any atom is -0.356 e. The van der Waals surface area contributed by atoms with Gasteiger partial charge in [-0.1, -0.05) is 89.7 Å². The highest BCUT2D eigenvalue weighted by Crippen LogP contribution is 2.12. The van der Waals surface area contributed by atoms with Crippen LogP contribution >= 0.6 is 0 Å². The standard InChI is InChI=1S/C25H43NO/c1-2-3-4-5-6-7-8-9-10-11-12-13-14-15-16-17-18-19-20-24-21-22-25(23-27)26-24/h11-12,21-23,26H,2-10,13-20H2,1H3. The van der Waals surface area contributed by atoms with E-state index in [1.54, 1.807) is 0 Å². The number of unbranched alkanes of at least 4 members (excludes halogenated alkanes) is 14. The number of aldehydes is 1. The van der Waals surface area contributed by atoms with Gasteiger partial charge in [0.2, 0.25) is 0 Å². The number of carbonyl (C=O) groups excluding carboxylic acids is 1. The van der Waals surface area contributed by atoms with Gasteiger partial charge in [0, 0.05) is 5.69 Å². The van der Waals surface area contributed by atoms with E-state index in [2.05, 4.69) is 24.1 Å². The molecule has 154 valence electrons. The van der Waals surface area contributed by atoms with Gasteiger partial charge in [0.15, 0.2) is 6.29 Å². The van der Waals surface area contributed by atoms with Crippen molar-refractivity contribution in [1.29, 1.82) is 0 Å². The van der Waals surface area contributed by atoms with E-state index in [1.165, 1.54) is 108 Å². The van der Waals surface area contributed by atoms with Gasteiger partial charge in [-0.25, -0.2) is 0 Å². The number of aromatic nitrogens is 1. The maximum absolute atomic E-state index is 10.6. The van der Waals surface area contributed by atoms with Crippen molar-refractivity contribution in [3.05, 3.63) is 35.7 Å². The minimum atomic E-state index is 0.695. The summed E-state index contributed by atoms with van der Waals surface area (Å²) in [7, 11) is 0. The van der Waals surface area contributed by atoms with Crippen molar-refractivity contribution in [3.63, 3.8) is 0 Å². The van der Waals surface area contributed by atoms with E-state index in [0.717, 1.165) is 12.7 Å². The molecule has 0 fully saturated rings. The molecule has 1 aromatic heterocycles. The summed E-state index contributed by atoms with van der Waals surface area (Å²) >= 11 is 0. The molecule has 1 aromatic rings. The third kappa shape index (κ3) is 14.4. The first-order valence-corrected chi connectivity index (χ1v) is 11.6. The number of allylic oxidation sites excluding steroid dienone is 2. The molecule has 0 aliphatic rings. The van der Waals surface area contributed by atoms with Crippen molar-refractivity contribution < 1.29 is 4.79 Å². The van der Waals surface area contributed by atoms with Crippen molar-refractivity contribution in [1.82, 2.24) is 4.98 Å². The monoisotopic (exact) mass is 373 g/mol. The van der Waals surface area contributed by atoms with Crippen LogP contribution in [0.15, 0.2) is 24.3 Å². The fourth-order valence-electron chi connectivity index (χ4n) is 3.59. The summed E-state index contributed by atoms with van der Waals surface area (Å²) in [4.78, 5) is 13.8. The lowest BCUT2D eigenvalue weighted by molar-refractivity contribution is 0.111. The van der Waals surface area contributed by atoms with Crippen molar-refractivity contribution in [2.45, 2.75) is 116 Å². The second-order valence-corrected chi connectivity index (χ2v) is 7.95. The van der Waals surface area contributed by atoms with Crippen LogP contribution in [0.2, 0.25) is 0 Å². The van der Waals surface area contributed by atoms with Crippen LogP contribution in [0.3, 0.4) is 0 Å². The average molecular weight is 374 g/mol. The van der Waals surface area contributed by atoms with Gasteiger partial charge in [0.25, 0.3) is 0 Å². The molecule has 1 rings (SSSR count). The Kier molecular flexibility index (Phi) is 15.9. The molecular weight excluding hydrogens is 330 g/mol. The van der Waals surface area contributed by atoms with Gasteiger partial charge in [0.1, 0.15) is 0 Å². The Morgan fingerprint density at radius 1 is 0.704 bits per heavy atom. The van der Waals surface area contributed by atoms with E-state index in [1.807, 2.05) is 12.1 Å². The molecule has 0 amide bonds. The Balaban J connectivity index is 1.77. The molecule has 0 spiro atoms. The molecule has 27 heavy (non-hydrogen) atoms. The van der Waals surface area contributed by atoms with Gasteiger partial charge in [-0.3, -0.25) is 4.79 Å². The van der Waals surface area contributed by atoms with Gasteiger partial charge in [0.05, 0.1) is 5.69 Å². The number of H-pyrrole nitrogens is 1. The summed E-state index contributed by atoms with van der Waals surface area (Å²) < 4.78 is 0. The molecule has 0 aromatic carbocycles. The van der Waals surface area contributed by atoms with E-state index in [0.29, 0.717) is 5.69 Å². The number of nitrogens with one attached hydrogen (secondary N) is 1. The third-order valence-electron chi connectivity index (χ3n) is 5.35. The molecule has 0 bridgehead atoms. The van der Waals surface area contributed by atoms with Crippen LogP contribution in [0.5, 0.6) is 0 Å². The Morgan fingerprint density at radius 3 is 1.74 bits per heavy atom. The Hall–Kier alpha value is -1.31. The van der Waals surface area contributed by atoms with Gasteiger partial charge in [-0.15, -0.1) is 0 Å². The van der Waals surface area contributed by atoms with Gasteiger partial charge >= 0.3 is 0 Å². The molecule has 1 heterocycles. The molecular formula is C25H43NO. The van der Waals surface area contributed by atoms with E-state index >= 15 is 0 Å². The zero-order chi connectivity index (χ0) is 19.4. The van der Waals surface area contributed by atoms with Crippen molar-refractivity contribution >= 4 is 6.29 Å². The molecule has 0 aliphatic heterocycles. The number of aryl methyl sites for hydroxylation is 1. The summed E-state index contributed by atoms with van der Waals surface area (Å²) in [5.74, 6) is 0. The van der Waals surface area contributed by atoms with Crippen molar-refractivity contribution in [2.24, 2.45) is 0 Å². The maximum atomic E-state index is 10.6. The van der Waals surface area contributed by atoms with Crippen molar-refractivity contribution in [3.8, 4) is 0 Å². The van der Waals surface area contributed by atoms with Crippen LogP contribution < -0.4 is 0 Å². The lowest BCUT2D eigenvalue weighted by Gasteiger charge is -2.01. The summed E-state index contributed by atoms with van der Waals surface area (Å²) in [6.07, 6.45) is 28.5. The number of aromatic amines is 1. The second-order valence-electron chi connectivity index (χ2n) is 7.95. The summed E-state index contributed by atoms with van der Waals surface area (Å²) in [6.45, 7) is 2.28. The minimum absolute atomic E-state index is 0.695.